The summed E-state index contributed by atoms with van der Waals surface area (Å²) in [6, 6.07) is 4.18. The SMILES string of the molecule is CC(C)[C@@H](C(=O)c1nc2ccccc2o1)N(C(=O)N1CCC[C@H]1C)C(=O)[C@](N)(C(=O)CN1CCN(CC(=O)O)C(=O)C1=O)C(C)C. The van der Waals surface area contributed by atoms with Crippen molar-refractivity contribution in [1.29, 1.82) is 0 Å². The molecule has 1 aromatic carbocycles. The molecule has 248 valence electrons. The number of nitrogens with zero attached hydrogens (tertiary/aromatic N) is 5. The van der Waals surface area contributed by atoms with E-state index in [1.54, 1.807) is 38.1 Å². The molecule has 4 rings (SSSR count). The summed E-state index contributed by atoms with van der Waals surface area (Å²) in [4.78, 5) is 102. The van der Waals surface area contributed by atoms with Gasteiger partial charge in [0.25, 0.3) is 11.8 Å². The second-order valence-corrected chi connectivity index (χ2v) is 12.5. The summed E-state index contributed by atoms with van der Waals surface area (Å²) in [6.07, 6.45) is 1.33. The fraction of sp³-hybridized carbons (Fsp3) is 0.548. The smallest absolute Gasteiger partial charge is 0.327 e. The molecule has 2 fully saturated rings. The molecule has 1 aromatic heterocycles. The Morgan fingerprint density at radius 1 is 1.02 bits per heavy atom. The number of carbonyl (C=O) groups is 7. The topological polar surface area (TPSA) is 205 Å². The molecular weight excluding hydrogens is 600 g/mol. The number of amides is 5. The molecule has 0 aliphatic carbocycles. The van der Waals surface area contributed by atoms with Crippen LogP contribution in [0.3, 0.4) is 0 Å². The zero-order valence-electron chi connectivity index (χ0n) is 26.6. The molecule has 3 N–H and O–H groups in total. The monoisotopic (exact) mass is 640 g/mol. The number of carboxylic acid groups (broad SMARTS) is 1. The maximum Gasteiger partial charge on any atom is 0.327 e. The third-order valence-electron chi connectivity index (χ3n) is 8.69. The number of Topliss-reactive ketones (excluding diaryl/α,β-unsaturated/α-hetero) is 2. The number of carboxylic acids is 1. The molecule has 15 heteroatoms. The van der Waals surface area contributed by atoms with Crippen LogP contribution in [0, 0.1) is 11.8 Å². The maximum atomic E-state index is 14.7. The Labute approximate surface area is 265 Å². The van der Waals surface area contributed by atoms with E-state index in [9.17, 15) is 33.6 Å². The number of aromatic nitrogens is 1. The van der Waals surface area contributed by atoms with Crippen LogP contribution in [0.4, 0.5) is 4.79 Å². The number of imide groups is 1. The Morgan fingerprint density at radius 3 is 2.15 bits per heavy atom. The van der Waals surface area contributed by atoms with E-state index in [1.807, 2.05) is 6.92 Å². The van der Waals surface area contributed by atoms with Crippen LogP contribution in [0.2, 0.25) is 0 Å². The lowest BCUT2D eigenvalue weighted by atomic mass is 9.80. The van der Waals surface area contributed by atoms with Gasteiger partial charge in [0.2, 0.25) is 5.78 Å². The number of ketones is 2. The van der Waals surface area contributed by atoms with Crippen molar-refractivity contribution in [2.75, 3.05) is 32.7 Å². The number of fused-ring (bicyclic) bond motifs is 1. The molecule has 0 unspecified atom stereocenters. The van der Waals surface area contributed by atoms with Crippen molar-refractivity contribution in [1.82, 2.24) is 24.6 Å². The quantitative estimate of drug-likeness (QED) is 0.202. The van der Waals surface area contributed by atoms with Crippen molar-refractivity contribution in [3.05, 3.63) is 30.2 Å². The highest BCUT2D eigenvalue weighted by atomic mass is 16.4. The van der Waals surface area contributed by atoms with Crippen molar-refractivity contribution >= 4 is 52.4 Å². The molecular formula is C31H40N6O9. The first-order chi connectivity index (χ1) is 21.6. The molecule has 0 bridgehead atoms. The van der Waals surface area contributed by atoms with Gasteiger partial charge in [0.05, 0.1) is 6.54 Å². The zero-order chi connectivity index (χ0) is 34.1. The lowest BCUT2D eigenvalue weighted by Gasteiger charge is -2.42. The number of likely N-dealkylation sites (tertiary alicyclic amines) is 1. The fourth-order valence-electron chi connectivity index (χ4n) is 5.88. The normalized spacial score (nSPS) is 19.1. The van der Waals surface area contributed by atoms with E-state index in [4.69, 9.17) is 15.3 Å². The second-order valence-electron chi connectivity index (χ2n) is 12.5. The number of oxazole rings is 1. The Hall–Kier alpha value is -4.66. The Bertz CT molecular complexity index is 1540. The summed E-state index contributed by atoms with van der Waals surface area (Å²) in [5, 5.41) is 9.04. The number of hydrogen-bond donors (Lipinski definition) is 2. The van der Waals surface area contributed by atoms with Crippen molar-refractivity contribution < 1.29 is 43.1 Å². The first-order valence-corrected chi connectivity index (χ1v) is 15.3. The van der Waals surface area contributed by atoms with Crippen molar-refractivity contribution in [3.8, 4) is 0 Å². The minimum Gasteiger partial charge on any atom is -0.480 e. The van der Waals surface area contributed by atoms with Gasteiger partial charge in [0, 0.05) is 25.7 Å². The van der Waals surface area contributed by atoms with Gasteiger partial charge in [-0.25, -0.2) is 9.78 Å². The van der Waals surface area contributed by atoms with Crippen LogP contribution in [0.5, 0.6) is 0 Å². The van der Waals surface area contributed by atoms with Gasteiger partial charge in [-0.2, -0.15) is 0 Å². The largest absolute Gasteiger partial charge is 0.480 e. The Morgan fingerprint density at radius 2 is 1.63 bits per heavy atom. The van der Waals surface area contributed by atoms with Gasteiger partial charge in [-0.1, -0.05) is 39.8 Å². The Kier molecular flexibility index (Phi) is 9.94. The van der Waals surface area contributed by atoms with Crippen LogP contribution < -0.4 is 5.73 Å². The third-order valence-corrected chi connectivity index (χ3v) is 8.69. The van der Waals surface area contributed by atoms with Gasteiger partial charge in [0.15, 0.2) is 16.9 Å². The minimum absolute atomic E-state index is 0.150. The van der Waals surface area contributed by atoms with E-state index in [2.05, 4.69) is 4.98 Å². The Balaban J connectivity index is 1.73. The molecule has 46 heavy (non-hydrogen) atoms. The van der Waals surface area contributed by atoms with Crippen molar-refractivity contribution in [2.24, 2.45) is 17.6 Å². The summed E-state index contributed by atoms with van der Waals surface area (Å²) in [5.41, 5.74) is 4.98. The van der Waals surface area contributed by atoms with Crippen LogP contribution in [-0.4, -0.2) is 121 Å². The van der Waals surface area contributed by atoms with Crippen LogP contribution in [-0.2, 0) is 24.0 Å². The number of urea groups is 1. The number of rotatable bonds is 11. The number of para-hydroxylation sites is 2. The van der Waals surface area contributed by atoms with Crippen LogP contribution in [0.25, 0.3) is 11.1 Å². The van der Waals surface area contributed by atoms with Gasteiger partial charge in [0.1, 0.15) is 18.1 Å². The van der Waals surface area contributed by atoms with E-state index < -0.39 is 77.8 Å². The second kappa shape index (κ2) is 13.4. The average Bonchev–Trinajstić information content (AvgIpc) is 3.63. The molecule has 3 atom stereocenters. The number of aliphatic carboxylic acids is 1. The first-order valence-electron chi connectivity index (χ1n) is 15.3. The van der Waals surface area contributed by atoms with Gasteiger partial charge in [-0.3, -0.25) is 33.7 Å². The molecule has 15 nitrogen and oxygen atoms in total. The number of benzene rings is 1. The van der Waals surface area contributed by atoms with E-state index in [0.717, 1.165) is 14.7 Å². The average molecular weight is 641 g/mol. The van der Waals surface area contributed by atoms with Crippen LogP contribution >= 0.6 is 0 Å². The molecule has 0 radical (unpaired) electrons. The predicted octanol–water partition coefficient (Wildman–Crippen LogP) is 1.15. The van der Waals surface area contributed by atoms with Gasteiger partial charge < -0.3 is 30.0 Å². The van der Waals surface area contributed by atoms with Crippen LogP contribution in [0.1, 0.15) is 58.1 Å². The maximum absolute atomic E-state index is 14.7. The van der Waals surface area contributed by atoms with Crippen molar-refractivity contribution in [3.63, 3.8) is 0 Å². The molecule has 0 saturated carbocycles. The molecule has 3 heterocycles. The third kappa shape index (κ3) is 6.36. The summed E-state index contributed by atoms with van der Waals surface area (Å²) in [5.74, 6) is -8.29. The van der Waals surface area contributed by atoms with Gasteiger partial charge >= 0.3 is 23.8 Å². The van der Waals surface area contributed by atoms with E-state index in [0.29, 0.717) is 30.5 Å². The summed E-state index contributed by atoms with van der Waals surface area (Å²) >= 11 is 0. The number of carbonyl (C=O) groups excluding carboxylic acids is 6. The highest BCUT2D eigenvalue weighted by Crippen LogP contribution is 2.29. The zero-order valence-corrected chi connectivity index (χ0v) is 26.6. The predicted molar refractivity (Wildman–Crippen MR) is 162 cm³/mol. The summed E-state index contributed by atoms with van der Waals surface area (Å²) < 4.78 is 5.71. The number of piperazine rings is 1. The molecule has 2 aliphatic heterocycles. The molecule has 2 saturated heterocycles. The molecule has 0 spiro atoms. The van der Waals surface area contributed by atoms with E-state index in [-0.39, 0.29) is 25.0 Å². The highest BCUT2D eigenvalue weighted by molar-refractivity contribution is 6.36. The van der Waals surface area contributed by atoms with Crippen LogP contribution in [0.15, 0.2) is 28.7 Å². The highest BCUT2D eigenvalue weighted by Gasteiger charge is 2.54. The van der Waals surface area contributed by atoms with Gasteiger partial charge in [-0.05, 0) is 43.7 Å². The van der Waals surface area contributed by atoms with E-state index >= 15 is 0 Å². The summed E-state index contributed by atoms with van der Waals surface area (Å²) in [7, 11) is 0. The lowest BCUT2D eigenvalue weighted by molar-refractivity contribution is -0.160. The number of hydrogen-bond acceptors (Lipinski definition) is 10. The van der Waals surface area contributed by atoms with E-state index in [1.165, 1.54) is 18.7 Å². The summed E-state index contributed by atoms with van der Waals surface area (Å²) in [6.45, 7) is 6.66. The molecule has 2 aliphatic rings. The lowest BCUT2D eigenvalue weighted by Crippen LogP contribution is -2.70. The molecule has 5 amide bonds. The first kappa shape index (κ1) is 34.2. The standard InChI is InChI=1S/C31H40N6O9/c1-17(2)24(25(41)26-33-20-10-6-7-11-21(20)46-26)37(30(45)36-12-8-9-19(36)5)29(44)31(32,18(3)4)22(38)15-34-13-14-35(16-23(39)40)28(43)27(34)42/h6-7,10-11,17-19,24H,8-9,12-16,32H2,1-5H3,(H,39,40)/t19-,24+,31-/m1/s1. The minimum atomic E-state index is -2.41. The van der Waals surface area contributed by atoms with Gasteiger partial charge in [-0.15, -0.1) is 0 Å². The molecule has 2 aromatic rings. The number of nitrogens with two attached hydrogens (primary N) is 1. The van der Waals surface area contributed by atoms with Crippen molar-refractivity contribution in [2.45, 2.75) is 65.1 Å². The fourth-order valence-corrected chi connectivity index (χ4v) is 5.88.